The van der Waals surface area contributed by atoms with E-state index in [2.05, 4.69) is 79.6 Å². The van der Waals surface area contributed by atoms with Gasteiger partial charge in [0.2, 0.25) is 0 Å². The number of anilines is 1. The van der Waals surface area contributed by atoms with E-state index in [9.17, 15) is 5.11 Å². The SMILES string of the molecule is CCCCC(CNCc1cccc(-c2ccccc2S)c1O)NCc1cccc(-c2ccccc2C)c1N. The van der Waals surface area contributed by atoms with Crippen LogP contribution < -0.4 is 16.4 Å². The number of thiol groups is 1. The van der Waals surface area contributed by atoms with Crippen LogP contribution in [0.2, 0.25) is 0 Å². The molecule has 0 aliphatic heterocycles. The van der Waals surface area contributed by atoms with Gasteiger partial charge in [0, 0.05) is 52.9 Å². The smallest absolute Gasteiger partial charge is 0.127 e. The summed E-state index contributed by atoms with van der Waals surface area (Å²) in [4.78, 5) is 0.850. The number of nitrogen functional groups attached to an aromatic ring is 1. The summed E-state index contributed by atoms with van der Waals surface area (Å²) in [7, 11) is 0. The lowest BCUT2D eigenvalue weighted by Gasteiger charge is -2.21. The Hall–Kier alpha value is -3.25. The molecule has 5 heteroatoms. The maximum absolute atomic E-state index is 11.0. The van der Waals surface area contributed by atoms with Crippen LogP contribution in [0, 0.1) is 6.92 Å². The van der Waals surface area contributed by atoms with Gasteiger partial charge in [0.1, 0.15) is 5.75 Å². The van der Waals surface area contributed by atoms with Crippen LogP contribution in [0.4, 0.5) is 5.69 Å². The Bertz CT molecular complexity index is 1350. The van der Waals surface area contributed by atoms with Gasteiger partial charge in [0.15, 0.2) is 0 Å². The molecule has 0 bridgehead atoms. The summed E-state index contributed by atoms with van der Waals surface area (Å²) in [5.41, 5.74) is 14.7. The lowest BCUT2D eigenvalue weighted by molar-refractivity contribution is 0.428. The van der Waals surface area contributed by atoms with E-state index in [1.807, 2.05) is 42.5 Å². The molecule has 0 amide bonds. The molecule has 1 atom stereocenters. The highest BCUT2D eigenvalue weighted by atomic mass is 32.1. The second kappa shape index (κ2) is 13.5. The van der Waals surface area contributed by atoms with Crippen molar-refractivity contribution >= 4 is 18.3 Å². The Morgan fingerprint density at radius 3 is 2.18 bits per heavy atom. The first kappa shape index (κ1) is 27.8. The van der Waals surface area contributed by atoms with Crippen LogP contribution >= 0.6 is 12.6 Å². The fraction of sp³-hybridized carbons (Fsp3) is 0.273. The van der Waals surface area contributed by atoms with Gasteiger partial charge >= 0.3 is 0 Å². The number of phenolic OH excluding ortho intramolecular Hbond substituents is 1. The number of benzene rings is 4. The van der Waals surface area contributed by atoms with Gasteiger partial charge < -0.3 is 21.5 Å². The lowest BCUT2D eigenvalue weighted by atomic mass is 9.96. The molecular weight excluding hydrogens is 486 g/mol. The molecule has 0 aliphatic rings. The number of aryl methyl sites for hydroxylation is 1. The third-order valence-electron chi connectivity index (χ3n) is 7.14. The first-order valence-corrected chi connectivity index (χ1v) is 13.9. The molecule has 0 spiro atoms. The Morgan fingerprint density at radius 1 is 0.789 bits per heavy atom. The number of nitrogens with one attached hydrogen (secondary N) is 2. The zero-order chi connectivity index (χ0) is 26.9. The average molecular weight is 526 g/mol. The summed E-state index contributed by atoms with van der Waals surface area (Å²) in [6, 6.07) is 28.7. The zero-order valence-corrected chi connectivity index (χ0v) is 23.3. The number of aromatic hydroxyl groups is 1. The first-order chi connectivity index (χ1) is 18.5. The van der Waals surface area contributed by atoms with Gasteiger partial charge in [-0.25, -0.2) is 0 Å². The van der Waals surface area contributed by atoms with Crippen molar-refractivity contribution in [3.05, 3.63) is 102 Å². The van der Waals surface area contributed by atoms with Crippen LogP contribution in [0.5, 0.6) is 5.75 Å². The quantitative estimate of drug-likeness (QED) is 0.0991. The molecule has 0 saturated carbocycles. The molecule has 0 aromatic heterocycles. The third kappa shape index (κ3) is 6.79. The molecule has 38 heavy (non-hydrogen) atoms. The number of rotatable bonds is 12. The van der Waals surface area contributed by atoms with Crippen molar-refractivity contribution in [3.8, 4) is 28.0 Å². The van der Waals surface area contributed by atoms with Crippen molar-refractivity contribution in [2.45, 2.75) is 57.1 Å². The van der Waals surface area contributed by atoms with Crippen LogP contribution in [0.3, 0.4) is 0 Å². The number of unbranched alkanes of at least 4 members (excludes halogenated alkanes) is 1. The van der Waals surface area contributed by atoms with Crippen molar-refractivity contribution < 1.29 is 5.11 Å². The monoisotopic (exact) mass is 525 g/mol. The molecule has 0 aliphatic carbocycles. The second-order valence-corrected chi connectivity index (χ2v) is 10.4. The van der Waals surface area contributed by atoms with Gasteiger partial charge in [0.25, 0.3) is 0 Å². The predicted octanol–water partition coefficient (Wildman–Crippen LogP) is 7.34. The van der Waals surface area contributed by atoms with Gasteiger partial charge in [-0.15, -0.1) is 12.6 Å². The number of para-hydroxylation sites is 2. The largest absolute Gasteiger partial charge is 0.507 e. The van der Waals surface area contributed by atoms with Crippen LogP contribution in [0.1, 0.15) is 42.9 Å². The van der Waals surface area contributed by atoms with Crippen LogP contribution in [-0.4, -0.2) is 17.7 Å². The van der Waals surface area contributed by atoms with Crippen LogP contribution in [0.15, 0.2) is 89.8 Å². The molecule has 0 radical (unpaired) electrons. The van der Waals surface area contributed by atoms with E-state index < -0.39 is 0 Å². The summed E-state index contributed by atoms with van der Waals surface area (Å²) >= 11 is 4.57. The van der Waals surface area contributed by atoms with E-state index in [0.717, 1.165) is 64.2 Å². The molecule has 0 fully saturated rings. The van der Waals surface area contributed by atoms with Gasteiger partial charge in [-0.3, -0.25) is 0 Å². The predicted molar refractivity (Wildman–Crippen MR) is 164 cm³/mol. The third-order valence-corrected chi connectivity index (χ3v) is 7.53. The standard InChI is InChI=1S/C33H39N3OS/c1-3-4-14-26(36-21-24-12-9-17-29(32(24)34)27-15-6-5-11-23(27)2)22-35-20-25-13-10-18-30(33(25)37)28-16-7-8-19-31(28)38/h5-13,15-19,26,35-38H,3-4,14,20-22,34H2,1-2H3. The number of hydrogen-bond donors (Lipinski definition) is 5. The molecular formula is C33H39N3OS. The van der Waals surface area contributed by atoms with E-state index in [1.165, 1.54) is 11.1 Å². The minimum Gasteiger partial charge on any atom is -0.507 e. The summed E-state index contributed by atoms with van der Waals surface area (Å²) in [6.45, 7) is 6.43. The number of phenols is 1. The van der Waals surface area contributed by atoms with Gasteiger partial charge in [-0.05, 0) is 41.7 Å². The van der Waals surface area contributed by atoms with Crippen LogP contribution in [0.25, 0.3) is 22.3 Å². The van der Waals surface area contributed by atoms with Crippen LogP contribution in [-0.2, 0) is 13.1 Å². The number of hydrogen-bond acceptors (Lipinski definition) is 5. The van der Waals surface area contributed by atoms with Gasteiger partial charge in [-0.1, -0.05) is 98.6 Å². The van der Waals surface area contributed by atoms with E-state index >= 15 is 0 Å². The van der Waals surface area contributed by atoms with E-state index in [0.29, 0.717) is 24.9 Å². The fourth-order valence-corrected chi connectivity index (χ4v) is 5.17. The Morgan fingerprint density at radius 2 is 1.45 bits per heavy atom. The summed E-state index contributed by atoms with van der Waals surface area (Å²) in [5, 5.41) is 18.3. The highest BCUT2D eigenvalue weighted by molar-refractivity contribution is 7.80. The molecule has 4 aromatic carbocycles. The average Bonchev–Trinajstić information content (AvgIpc) is 2.92. The minimum absolute atomic E-state index is 0.292. The molecule has 4 aromatic rings. The topological polar surface area (TPSA) is 70.3 Å². The molecule has 1 unspecified atom stereocenters. The van der Waals surface area contributed by atoms with Crippen molar-refractivity contribution in [2.75, 3.05) is 12.3 Å². The molecule has 0 saturated heterocycles. The molecule has 5 N–H and O–H groups in total. The van der Waals surface area contributed by atoms with E-state index in [1.54, 1.807) is 0 Å². The molecule has 198 valence electrons. The van der Waals surface area contributed by atoms with Crippen molar-refractivity contribution in [2.24, 2.45) is 0 Å². The summed E-state index contributed by atoms with van der Waals surface area (Å²) in [6.07, 6.45) is 3.37. The highest BCUT2D eigenvalue weighted by Crippen LogP contribution is 2.35. The minimum atomic E-state index is 0.292. The number of nitrogens with two attached hydrogens (primary N) is 1. The van der Waals surface area contributed by atoms with Crippen molar-refractivity contribution in [1.82, 2.24) is 10.6 Å². The molecule has 4 nitrogen and oxygen atoms in total. The summed E-state index contributed by atoms with van der Waals surface area (Å²) < 4.78 is 0. The Labute approximate surface area is 232 Å². The van der Waals surface area contributed by atoms with Gasteiger partial charge in [0.05, 0.1) is 0 Å². The fourth-order valence-electron chi connectivity index (χ4n) is 4.89. The summed E-state index contributed by atoms with van der Waals surface area (Å²) in [5.74, 6) is 0.306. The Kier molecular flexibility index (Phi) is 9.88. The molecule has 0 heterocycles. The van der Waals surface area contributed by atoms with E-state index in [-0.39, 0.29) is 0 Å². The van der Waals surface area contributed by atoms with Crippen molar-refractivity contribution in [3.63, 3.8) is 0 Å². The first-order valence-electron chi connectivity index (χ1n) is 13.5. The zero-order valence-electron chi connectivity index (χ0n) is 22.4. The van der Waals surface area contributed by atoms with Crippen molar-refractivity contribution in [1.29, 1.82) is 0 Å². The maximum Gasteiger partial charge on any atom is 0.127 e. The lowest BCUT2D eigenvalue weighted by Crippen LogP contribution is -2.38. The van der Waals surface area contributed by atoms with E-state index in [4.69, 9.17) is 5.73 Å². The molecule has 4 rings (SSSR count). The Balaban J connectivity index is 1.41. The van der Waals surface area contributed by atoms with Gasteiger partial charge in [-0.2, -0.15) is 0 Å². The normalized spacial score (nSPS) is 12.0. The highest BCUT2D eigenvalue weighted by Gasteiger charge is 2.14. The second-order valence-electron chi connectivity index (χ2n) is 9.87. The maximum atomic E-state index is 11.0.